The number of hydrogen-bond acceptors (Lipinski definition) is 4. The molecule has 0 aliphatic heterocycles. The van der Waals surface area contributed by atoms with Crippen molar-refractivity contribution in [3.05, 3.63) is 23.3 Å². The summed E-state index contributed by atoms with van der Waals surface area (Å²) in [5.74, 6) is 0. The first-order valence-corrected chi connectivity index (χ1v) is 7.36. The van der Waals surface area contributed by atoms with Gasteiger partial charge >= 0.3 is 0 Å². The third-order valence-electron chi connectivity index (χ3n) is 2.14. The molecule has 0 N–H and O–H groups in total. The fourth-order valence-electron chi connectivity index (χ4n) is 1.36. The van der Waals surface area contributed by atoms with Crippen LogP contribution in [0.25, 0.3) is 0 Å². The lowest BCUT2D eigenvalue weighted by molar-refractivity contribution is 0.112. The molecule has 0 bridgehead atoms. The van der Waals surface area contributed by atoms with Crippen LogP contribution in [0.2, 0.25) is 0 Å². The van der Waals surface area contributed by atoms with E-state index in [9.17, 15) is 13.2 Å². The van der Waals surface area contributed by atoms with Gasteiger partial charge in [-0.15, -0.1) is 11.8 Å². The van der Waals surface area contributed by atoms with E-state index >= 15 is 0 Å². The van der Waals surface area contributed by atoms with Crippen molar-refractivity contribution in [3.63, 3.8) is 0 Å². The Bertz CT molecular complexity index is 490. The molecule has 0 aliphatic carbocycles. The largest absolute Gasteiger partial charge is 0.298 e. The highest BCUT2D eigenvalue weighted by molar-refractivity contribution is 7.99. The molecule has 0 saturated heterocycles. The van der Waals surface area contributed by atoms with Crippen molar-refractivity contribution in [1.29, 1.82) is 0 Å². The van der Waals surface area contributed by atoms with Crippen LogP contribution in [0.1, 0.15) is 15.9 Å². The van der Waals surface area contributed by atoms with E-state index in [0.717, 1.165) is 11.8 Å². The molecule has 0 fully saturated rings. The second-order valence-corrected chi connectivity index (χ2v) is 6.00. The van der Waals surface area contributed by atoms with Gasteiger partial charge in [0.2, 0.25) is 0 Å². The predicted octanol–water partition coefficient (Wildman–Crippen LogP) is 1.93. The average molecular weight is 244 g/mol. The van der Waals surface area contributed by atoms with Crippen molar-refractivity contribution in [2.24, 2.45) is 0 Å². The number of hydrogen-bond donors (Lipinski definition) is 0. The molecule has 0 amide bonds. The van der Waals surface area contributed by atoms with Crippen LogP contribution in [0.4, 0.5) is 0 Å². The van der Waals surface area contributed by atoms with E-state index in [-0.39, 0.29) is 4.90 Å². The number of aldehydes is 1. The standard InChI is InChI=1S/C10H12O3S2/c1-7-8(6-11)4-5-9(10(7)14-2)15(3,12)13/h4-6H,1-3H3. The molecule has 1 aromatic carbocycles. The molecule has 0 aliphatic rings. The van der Waals surface area contributed by atoms with Crippen molar-refractivity contribution < 1.29 is 13.2 Å². The second-order valence-electron chi connectivity index (χ2n) is 3.20. The Morgan fingerprint density at radius 1 is 1.33 bits per heavy atom. The quantitative estimate of drug-likeness (QED) is 0.602. The van der Waals surface area contributed by atoms with Gasteiger partial charge in [-0.2, -0.15) is 0 Å². The molecule has 0 atom stereocenters. The van der Waals surface area contributed by atoms with E-state index < -0.39 is 9.84 Å². The van der Waals surface area contributed by atoms with Crippen molar-refractivity contribution in [2.75, 3.05) is 12.5 Å². The van der Waals surface area contributed by atoms with Gasteiger partial charge in [-0.05, 0) is 24.8 Å². The van der Waals surface area contributed by atoms with Gasteiger partial charge in [-0.1, -0.05) is 6.07 Å². The molecule has 5 heteroatoms. The van der Waals surface area contributed by atoms with Crippen LogP contribution in [0.15, 0.2) is 21.9 Å². The highest BCUT2D eigenvalue weighted by Crippen LogP contribution is 2.29. The van der Waals surface area contributed by atoms with Crippen molar-refractivity contribution in [3.8, 4) is 0 Å². The fraction of sp³-hybridized carbons (Fsp3) is 0.300. The lowest BCUT2D eigenvalue weighted by Gasteiger charge is -2.10. The topological polar surface area (TPSA) is 51.2 Å². The Morgan fingerprint density at radius 2 is 1.93 bits per heavy atom. The molecule has 3 nitrogen and oxygen atoms in total. The number of rotatable bonds is 3. The maximum Gasteiger partial charge on any atom is 0.176 e. The Kier molecular flexibility index (Phi) is 3.57. The first-order chi connectivity index (χ1) is 6.91. The molecular weight excluding hydrogens is 232 g/mol. The average Bonchev–Trinajstić information content (AvgIpc) is 2.15. The van der Waals surface area contributed by atoms with Gasteiger partial charge in [0.1, 0.15) is 6.29 Å². The number of thioether (sulfide) groups is 1. The smallest absolute Gasteiger partial charge is 0.176 e. The zero-order valence-corrected chi connectivity index (χ0v) is 10.4. The van der Waals surface area contributed by atoms with E-state index in [4.69, 9.17) is 0 Å². The van der Waals surface area contributed by atoms with Gasteiger partial charge in [0, 0.05) is 16.7 Å². The third kappa shape index (κ3) is 2.41. The molecule has 0 radical (unpaired) electrons. The normalized spacial score (nSPS) is 11.4. The Labute approximate surface area is 93.8 Å². The van der Waals surface area contributed by atoms with Gasteiger partial charge in [0.05, 0.1) is 4.90 Å². The molecule has 82 valence electrons. The summed E-state index contributed by atoms with van der Waals surface area (Å²) in [4.78, 5) is 11.6. The van der Waals surface area contributed by atoms with Crippen LogP contribution in [0.5, 0.6) is 0 Å². The molecule has 1 aromatic rings. The van der Waals surface area contributed by atoms with E-state index in [2.05, 4.69) is 0 Å². The number of carbonyl (C=O) groups is 1. The molecule has 0 saturated carbocycles. The van der Waals surface area contributed by atoms with Crippen LogP contribution in [-0.2, 0) is 9.84 Å². The van der Waals surface area contributed by atoms with E-state index in [0.29, 0.717) is 10.5 Å². The monoisotopic (exact) mass is 244 g/mol. The highest BCUT2D eigenvalue weighted by atomic mass is 32.2. The number of sulfone groups is 1. The summed E-state index contributed by atoms with van der Waals surface area (Å²) in [6, 6.07) is 3.02. The maximum atomic E-state index is 11.5. The Hall–Kier alpha value is -0.810. The highest BCUT2D eigenvalue weighted by Gasteiger charge is 2.16. The first kappa shape index (κ1) is 12.3. The van der Waals surface area contributed by atoms with Crippen molar-refractivity contribution in [2.45, 2.75) is 16.7 Å². The minimum absolute atomic E-state index is 0.290. The van der Waals surface area contributed by atoms with E-state index in [1.807, 2.05) is 0 Å². The van der Waals surface area contributed by atoms with Crippen LogP contribution >= 0.6 is 11.8 Å². The summed E-state index contributed by atoms with van der Waals surface area (Å²) in [7, 11) is -3.23. The third-order valence-corrected chi connectivity index (χ3v) is 4.34. The van der Waals surface area contributed by atoms with Crippen LogP contribution in [-0.4, -0.2) is 27.2 Å². The zero-order chi connectivity index (χ0) is 11.6. The molecule has 15 heavy (non-hydrogen) atoms. The number of benzene rings is 1. The Morgan fingerprint density at radius 3 is 2.33 bits per heavy atom. The van der Waals surface area contributed by atoms with Crippen molar-refractivity contribution in [1.82, 2.24) is 0 Å². The van der Waals surface area contributed by atoms with Gasteiger partial charge < -0.3 is 0 Å². The molecule has 1 rings (SSSR count). The predicted molar refractivity (Wildman–Crippen MR) is 61.5 cm³/mol. The summed E-state index contributed by atoms with van der Waals surface area (Å²) in [5, 5.41) is 0. The van der Waals surface area contributed by atoms with E-state index in [1.165, 1.54) is 24.1 Å². The SMILES string of the molecule is CSc1c(S(C)(=O)=O)ccc(C=O)c1C. The lowest BCUT2D eigenvalue weighted by Crippen LogP contribution is -2.02. The summed E-state index contributed by atoms with van der Waals surface area (Å²) < 4.78 is 22.9. The van der Waals surface area contributed by atoms with Crippen LogP contribution in [0, 0.1) is 6.92 Å². The van der Waals surface area contributed by atoms with Gasteiger partial charge in [-0.25, -0.2) is 8.42 Å². The first-order valence-electron chi connectivity index (χ1n) is 4.24. The number of carbonyl (C=O) groups excluding carboxylic acids is 1. The zero-order valence-electron chi connectivity index (χ0n) is 8.77. The van der Waals surface area contributed by atoms with E-state index in [1.54, 1.807) is 19.2 Å². The second kappa shape index (κ2) is 4.37. The Balaban J connectivity index is 3.58. The van der Waals surface area contributed by atoms with Gasteiger partial charge in [0.25, 0.3) is 0 Å². The summed E-state index contributed by atoms with van der Waals surface area (Å²) in [6.45, 7) is 1.75. The maximum absolute atomic E-state index is 11.5. The molecular formula is C10H12O3S2. The summed E-state index contributed by atoms with van der Waals surface area (Å²) in [6.07, 6.45) is 3.70. The molecule has 0 heterocycles. The van der Waals surface area contributed by atoms with Crippen LogP contribution in [0.3, 0.4) is 0 Å². The summed E-state index contributed by atoms with van der Waals surface area (Å²) >= 11 is 1.34. The fourth-order valence-corrected chi connectivity index (χ4v) is 3.56. The molecule has 0 spiro atoms. The van der Waals surface area contributed by atoms with Crippen LogP contribution < -0.4 is 0 Å². The minimum Gasteiger partial charge on any atom is -0.298 e. The minimum atomic E-state index is -3.23. The molecule has 0 aromatic heterocycles. The molecule has 0 unspecified atom stereocenters. The van der Waals surface area contributed by atoms with Gasteiger partial charge in [0.15, 0.2) is 9.84 Å². The van der Waals surface area contributed by atoms with Crippen molar-refractivity contribution >= 4 is 27.9 Å². The lowest BCUT2D eigenvalue weighted by atomic mass is 10.1. The van der Waals surface area contributed by atoms with Gasteiger partial charge in [-0.3, -0.25) is 4.79 Å². The summed E-state index contributed by atoms with van der Waals surface area (Å²) in [5.41, 5.74) is 1.26.